The second-order valence-corrected chi connectivity index (χ2v) is 10.2. The Morgan fingerprint density at radius 1 is 1.06 bits per heavy atom. The van der Waals surface area contributed by atoms with Crippen molar-refractivity contribution in [2.24, 2.45) is 0 Å². The summed E-state index contributed by atoms with van der Waals surface area (Å²) in [5.74, 6) is 0.0234. The molecule has 11 heteroatoms. The Bertz CT molecular complexity index is 1180. The summed E-state index contributed by atoms with van der Waals surface area (Å²) in [5, 5.41) is 4.92. The molecule has 1 aromatic carbocycles. The van der Waals surface area contributed by atoms with Gasteiger partial charge in [0.2, 0.25) is 16.0 Å². The summed E-state index contributed by atoms with van der Waals surface area (Å²) in [4.78, 5) is 8.70. The molecule has 2 aliphatic heterocycles. The molecular weight excluding hydrogens is 443 g/mol. The molecular formula is C20H19FN4O4S2. The first-order valence-electron chi connectivity index (χ1n) is 9.64. The lowest BCUT2D eigenvalue weighted by Gasteiger charge is -2.18. The molecule has 8 nitrogen and oxygen atoms in total. The van der Waals surface area contributed by atoms with Crippen molar-refractivity contribution in [1.29, 1.82) is 0 Å². The molecule has 3 aromatic rings. The van der Waals surface area contributed by atoms with Crippen molar-refractivity contribution in [1.82, 2.24) is 14.7 Å². The van der Waals surface area contributed by atoms with Gasteiger partial charge in [-0.25, -0.2) is 27.5 Å². The summed E-state index contributed by atoms with van der Waals surface area (Å²) >= 11 is 1.16. The van der Waals surface area contributed by atoms with E-state index in [0.717, 1.165) is 11.3 Å². The molecule has 0 spiro atoms. The molecule has 0 radical (unpaired) electrons. The summed E-state index contributed by atoms with van der Waals surface area (Å²) < 4.78 is 53.2. The molecule has 0 aliphatic carbocycles. The van der Waals surface area contributed by atoms with Crippen molar-refractivity contribution >= 4 is 27.3 Å². The minimum absolute atomic E-state index is 0.211. The number of sulfonamides is 1. The minimum Gasteiger partial charge on any atom is -0.371 e. The molecule has 2 aliphatic rings. The largest absolute Gasteiger partial charge is 0.371 e. The lowest BCUT2D eigenvalue weighted by molar-refractivity contribution is 0.0690. The van der Waals surface area contributed by atoms with E-state index in [1.54, 1.807) is 41.9 Å². The monoisotopic (exact) mass is 462 g/mol. The maximum atomic E-state index is 13.5. The zero-order valence-electron chi connectivity index (χ0n) is 16.1. The SMILES string of the molecule is O=S(=O)(N[C@H]1CO[C@H]2[C@@H]1OC[C@@H]2Nc1nccc(-c2cccc(F)c2)n1)c1cccs1. The van der Waals surface area contributed by atoms with Crippen LogP contribution in [0.15, 0.2) is 58.3 Å². The van der Waals surface area contributed by atoms with Crippen molar-refractivity contribution < 1.29 is 22.3 Å². The van der Waals surface area contributed by atoms with Crippen molar-refractivity contribution in [3.63, 3.8) is 0 Å². The third kappa shape index (κ3) is 4.19. The number of benzene rings is 1. The first kappa shape index (κ1) is 20.5. The van der Waals surface area contributed by atoms with Crippen molar-refractivity contribution in [2.45, 2.75) is 28.5 Å². The standard InChI is InChI=1S/C20H19FN4O4S2/c21-13-4-1-3-12(9-13)14-6-7-22-20(23-14)24-15-10-28-19-16(11-29-18(15)19)25-31(26,27)17-5-2-8-30-17/h1-9,15-16,18-19,25H,10-11H2,(H,22,23,24)/t15-,16-,18+,19+/m0/s1. The van der Waals surface area contributed by atoms with Gasteiger partial charge in [-0.2, -0.15) is 0 Å². The van der Waals surface area contributed by atoms with E-state index in [4.69, 9.17) is 9.47 Å². The molecule has 0 unspecified atom stereocenters. The molecule has 2 saturated heterocycles. The Morgan fingerprint density at radius 3 is 2.65 bits per heavy atom. The van der Waals surface area contributed by atoms with Gasteiger partial charge in [0.15, 0.2) is 0 Å². The van der Waals surface area contributed by atoms with E-state index in [0.29, 0.717) is 23.8 Å². The number of hydrogen-bond donors (Lipinski definition) is 2. The lowest BCUT2D eigenvalue weighted by atomic mass is 10.1. The number of ether oxygens (including phenoxy) is 2. The molecule has 2 N–H and O–H groups in total. The smallest absolute Gasteiger partial charge is 0.250 e. The van der Waals surface area contributed by atoms with E-state index < -0.39 is 22.2 Å². The van der Waals surface area contributed by atoms with Crippen LogP contribution in [-0.4, -0.2) is 55.9 Å². The fourth-order valence-corrected chi connectivity index (χ4v) is 6.04. The first-order chi connectivity index (χ1) is 15.0. The van der Waals surface area contributed by atoms with Crippen molar-refractivity contribution in [3.8, 4) is 11.3 Å². The molecule has 0 saturated carbocycles. The van der Waals surface area contributed by atoms with Gasteiger partial charge in [-0.05, 0) is 29.6 Å². The molecule has 31 heavy (non-hydrogen) atoms. The fraction of sp³-hybridized carbons (Fsp3) is 0.300. The molecule has 0 amide bonds. The third-order valence-corrected chi connectivity index (χ3v) is 8.10. The maximum Gasteiger partial charge on any atom is 0.250 e. The predicted molar refractivity (Wildman–Crippen MR) is 113 cm³/mol. The van der Waals surface area contributed by atoms with E-state index in [2.05, 4.69) is 20.0 Å². The van der Waals surface area contributed by atoms with Crippen LogP contribution < -0.4 is 10.0 Å². The Hall–Kier alpha value is -2.44. The average molecular weight is 463 g/mol. The summed E-state index contributed by atoms with van der Waals surface area (Å²) in [6.07, 6.45) is 0.826. The van der Waals surface area contributed by atoms with Crippen LogP contribution in [-0.2, 0) is 19.5 Å². The topological polar surface area (TPSA) is 102 Å². The molecule has 2 fully saturated rings. The minimum atomic E-state index is -3.62. The van der Waals surface area contributed by atoms with Crippen LogP contribution in [0, 0.1) is 5.82 Å². The number of nitrogens with zero attached hydrogens (tertiary/aromatic N) is 2. The lowest BCUT2D eigenvalue weighted by Crippen LogP contribution is -2.44. The van der Waals surface area contributed by atoms with Gasteiger partial charge in [0.1, 0.15) is 22.2 Å². The maximum absolute atomic E-state index is 13.5. The quantitative estimate of drug-likeness (QED) is 0.579. The molecule has 162 valence electrons. The second kappa shape index (κ2) is 8.24. The van der Waals surface area contributed by atoms with E-state index >= 15 is 0 Å². The van der Waals surface area contributed by atoms with Crippen LogP contribution >= 0.6 is 11.3 Å². The number of halogens is 1. The Labute approximate surface area is 182 Å². The number of fused-ring (bicyclic) bond motifs is 1. The van der Waals surface area contributed by atoms with E-state index in [9.17, 15) is 12.8 Å². The highest BCUT2D eigenvalue weighted by molar-refractivity contribution is 7.91. The van der Waals surface area contributed by atoms with Crippen LogP contribution in [0.3, 0.4) is 0 Å². The molecule has 2 aromatic heterocycles. The van der Waals surface area contributed by atoms with Crippen LogP contribution in [0.4, 0.5) is 10.3 Å². The van der Waals surface area contributed by atoms with E-state index in [1.807, 2.05) is 0 Å². The normalized spacial score (nSPS) is 25.5. The zero-order valence-corrected chi connectivity index (χ0v) is 17.8. The van der Waals surface area contributed by atoms with Gasteiger partial charge in [0.25, 0.3) is 0 Å². The number of hydrogen-bond acceptors (Lipinski definition) is 8. The van der Waals surface area contributed by atoms with Crippen molar-refractivity contribution in [3.05, 3.63) is 59.9 Å². The van der Waals surface area contributed by atoms with Crippen LogP contribution in [0.25, 0.3) is 11.3 Å². The van der Waals surface area contributed by atoms with Gasteiger partial charge in [-0.3, -0.25) is 0 Å². The van der Waals surface area contributed by atoms with Gasteiger partial charge in [-0.1, -0.05) is 18.2 Å². The molecule has 4 heterocycles. The Morgan fingerprint density at radius 2 is 1.87 bits per heavy atom. The van der Waals surface area contributed by atoms with Gasteiger partial charge in [0.05, 0.1) is 31.0 Å². The fourth-order valence-electron chi connectivity index (χ4n) is 3.80. The number of rotatable bonds is 6. The van der Waals surface area contributed by atoms with Gasteiger partial charge >= 0.3 is 0 Å². The molecule has 0 bridgehead atoms. The summed E-state index contributed by atoms with van der Waals surface area (Å²) in [6.45, 7) is 0.530. The van der Waals surface area contributed by atoms with Gasteiger partial charge < -0.3 is 14.8 Å². The van der Waals surface area contributed by atoms with Crippen molar-refractivity contribution in [2.75, 3.05) is 18.5 Å². The molecule has 5 rings (SSSR count). The zero-order chi connectivity index (χ0) is 21.4. The summed E-state index contributed by atoms with van der Waals surface area (Å²) in [6, 6.07) is 10.4. The van der Waals surface area contributed by atoms with E-state index in [1.165, 1.54) is 12.1 Å². The number of nitrogens with one attached hydrogen (secondary N) is 2. The Kier molecular flexibility index (Phi) is 5.44. The molecule has 4 atom stereocenters. The second-order valence-electron chi connectivity index (χ2n) is 7.28. The predicted octanol–water partition coefficient (Wildman–Crippen LogP) is 2.27. The van der Waals surface area contributed by atoms with Gasteiger partial charge in [0, 0.05) is 11.8 Å². The third-order valence-electron chi connectivity index (χ3n) is 5.21. The number of aromatic nitrogens is 2. The average Bonchev–Trinajstić information content (AvgIpc) is 3.49. The highest BCUT2D eigenvalue weighted by Gasteiger charge is 2.49. The van der Waals surface area contributed by atoms with Crippen LogP contribution in [0.1, 0.15) is 0 Å². The van der Waals surface area contributed by atoms with E-state index in [-0.39, 0.29) is 28.8 Å². The summed E-state index contributed by atoms with van der Waals surface area (Å²) in [7, 11) is -3.62. The summed E-state index contributed by atoms with van der Waals surface area (Å²) in [5.41, 5.74) is 1.23. The first-order valence-corrected chi connectivity index (χ1v) is 12.0. The Balaban J connectivity index is 1.27. The highest BCUT2D eigenvalue weighted by Crippen LogP contribution is 2.30. The number of thiophene rings is 1. The van der Waals surface area contributed by atoms with Crippen LogP contribution in [0.5, 0.6) is 0 Å². The number of anilines is 1. The van der Waals surface area contributed by atoms with Gasteiger partial charge in [-0.15, -0.1) is 11.3 Å². The highest BCUT2D eigenvalue weighted by atomic mass is 32.2. The van der Waals surface area contributed by atoms with Crippen LogP contribution in [0.2, 0.25) is 0 Å².